The smallest absolute Gasteiger partial charge is 0.342 e. The van der Waals surface area contributed by atoms with Crippen LogP contribution in [0.3, 0.4) is 0 Å². The van der Waals surface area contributed by atoms with Gasteiger partial charge in [-0.2, -0.15) is 9.97 Å². The molecule has 0 amide bonds. The molecule has 0 bridgehead atoms. The van der Waals surface area contributed by atoms with E-state index in [-0.39, 0.29) is 41.1 Å². The number of anilines is 1. The number of nitrogens with two attached hydrogens (primary N) is 1. The molecule has 2 aromatic rings. The summed E-state index contributed by atoms with van der Waals surface area (Å²) in [5.74, 6) is -1.32. The highest BCUT2D eigenvalue weighted by molar-refractivity contribution is 14.1. The Kier molecular flexibility index (Phi) is 12.4. The summed E-state index contributed by atoms with van der Waals surface area (Å²) < 4.78 is 44.3. The normalized spacial score (nSPS) is 26.2. The van der Waals surface area contributed by atoms with Gasteiger partial charge >= 0.3 is 19.6 Å². The minimum Gasteiger partial charge on any atom is -0.479 e. The second-order valence-electron chi connectivity index (χ2n) is 13.6. The summed E-state index contributed by atoms with van der Waals surface area (Å²) in [5.41, 5.74) is 4.08. The molecule has 270 valence electrons. The van der Waals surface area contributed by atoms with Crippen molar-refractivity contribution in [1.29, 1.82) is 0 Å². The minimum atomic E-state index is -4.27. The van der Waals surface area contributed by atoms with Gasteiger partial charge in [-0.1, -0.05) is 27.2 Å². The number of nitrogen functional groups attached to an aromatic ring is 1. The van der Waals surface area contributed by atoms with E-state index in [1.165, 1.54) is 32.4 Å². The van der Waals surface area contributed by atoms with Crippen LogP contribution in [0.5, 0.6) is 5.88 Å². The molecule has 2 aromatic heterocycles. The van der Waals surface area contributed by atoms with Gasteiger partial charge in [-0.05, 0) is 51.9 Å². The number of esters is 2. The fraction of sp³-hybridized carbons (Fsp3) is 0.759. The van der Waals surface area contributed by atoms with E-state index in [1.54, 1.807) is 0 Å². The van der Waals surface area contributed by atoms with E-state index in [0.29, 0.717) is 3.83 Å². The number of imidazole rings is 1. The van der Waals surface area contributed by atoms with Crippen molar-refractivity contribution in [2.24, 2.45) is 5.41 Å². The summed E-state index contributed by atoms with van der Waals surface area (Å²) in [6.45, 7) is 9.55. The number of hydrogen-bond acceptors (Lipinski definition) is 14. The SMILES string of the molecule is COc1nc(N)nc2c1nc(I)n2[C@@H]1O[C@H](COP(=O)(N[C@@H](C)C(=O)OCC(C)(C)C)N[C@@H](C)C(=O)OC2CCCCC2)[C@@H](O)[C@@]1(C)O. The number of nitrogens with one attached hydrogen (secondary N) is 2. The topological polar surface area (TPSA) is 231 Å². The zero-order valence-electron chi connectivity index (χ0n) is 28.3. The Balaban J connectivity index is 1.54. The van der Waals surface area contributed by atoms with Crippen LogP contribution >= 0.6 is 30.3 Å². The molecule has 0 aromatic carbocycles. The van der Waals surface area contributed by atoms with Gasteiger partial charge in [0, 0.05) is 22.6 Å². The Hall–Kier alpha value is -2.19. The lowest BCUT2D eigenvalue weighted by molar-refractivity contribution is -0.152. The number of aromatic nitrogens is 4. The van der Waals surface area contributed by atoms with E-state index in [9.17, 15) is 24.4 Å². The number of carbonyl (C=O) groups is 2. The molecule has 0 spiro atoms. The summed E-state index contributed by atoms with van der Waals surface area (Å²) in [4.78, 5) is 38.5. The van der Waals surface area contributed by atoms with Crippen molar-refractivity contribution in [3.05, 3.63) is 3.83 Å². The van der Waals surface area contributed by atoms with Crippen LogP contribution in [0.2, 0.25) is 0 Å². The Morgan fingerprint density at radius 1 is 1.15 bits per heavy atom. The molecule has 1 saturated heterocycles. The van der Waals surface area contributed by atoms with Crippen molar-refractivity contribution < 1.29 is 47.8 Å². The number of methoxy groups -OCH3 is 1. The first-order chi connectivity index (χ1) is 22.3. The molecule has 2 aliphatic rings. The van der Waals surface area contributed by atoms with Gasteiger partial charge in [-0.25, -0.2) is 15.2 Å². The van der Waals surface area contributed by atoms with Gasteiger partial charge in [0.15, 0.2) is 21.2 Å². The maximum Gasteiger partial charge on any atom is 0.342 e. The molecule has 48 heavy (non-hydrogen) atoms. The number of hydrogen-bond donors (Lipinski definition) is 5. The van der Waals surface area contributed by atoms with Crippen molar-refractivity contribution in [3.8, 4) is 5.88 Å². The Morgan fingerprint density at radius 2 is 1.77 bits per heavy atom. The maximum atomic E-state index is 14.3. The van der Waals surface area contributed by atoms with Crippen LogP contribution in [-0.2, 0) is 32.9 Å². The lowest BCUT2D eigenvalue weighted by Gasteiger charge is -2.29. The van der Waals surface area contributed by atoms with Crippen LogP contribution in [-0.4, -0.2) is 98.0 Å². The largest absolute Gasteiger partial charge is 0.479 e. The molecule has 4 rings (SSSR count). The number of nitrogens with zero attached hydrogens (tertiary/aromatic N) is 4. The Morgan fingerprint density at radius 3 is 2.38 bits per heavy atom. The molecule has 19 heteroatoms. The first-order valence-electron chi connectivity index (χ1n) is 15.8. The molecule has 2 fully saturated rings. The van der Waals surface area contributed by atoms with E-state index in [2.05, 4.69) is 25.1 Å². The third-order valence-corrected chi connectivity index (χ3v) is 10.7. The molecule has 0 radical (unpaired) electrons. The van der Waals surface area contributed by atoms with Crippen LogP contribution in [0, 0.1) is 9.25 Å². The van der Waals surface area contributed by atoms with Crippen LogP contribution in [0.4, 0.5) is 5.95 Å². The molecule has 1 aliphatic heterocycles. The van der Waals surface area contributed by atoms with E-state index in [1.807, 2.05) is 43.4 Å². The monoisotopic (exact) mass is 811 g/mol. The Labute approximate surface area is 293 Å². The lowest BCUT2D eigenvalue weighted by atomic mass is 9.96. The quantitative estimate of drug-likeness (QED) is 0.0847. The first-order valence-corrected chi connectivity index (χ1v) is 18.5. The number of fused-ring (bicyclic) bond motifs is 1. The first kappa shape index (κ1) is 38.6. The second-order valence-corrected chi connectivity index (χ2v) is 16.5. The number of aliphatic hydroxyl groups is 2. The summed E-state index contributed by atoms with van der Waals surface area (Å²) in [6, 6.07) is -2.23. The van der Waals surface area contributed by atoms with E-state index >= 15 is 0 Å². The molecular formula is C29H47IN7O10P. The fourth-order valence-corrected chi connectivity index (χ4v) is 7.94. The van der Waals surface area contributed by atoms with Gasteiger partial charge in [0.05, 0.1) is 20.3 Å². The standard InChI is InChI=1S/C29H47IN7O10P/c1-15(23(39)44-14-28(3,4)5)35-48(42,36-16(2)24(40)46-17-11-9-8-10-12-17)45-13-18-20(38)29(6,41)25(47-18)37-21-19(32-26(37)30)22(43-7)34-27(31)33-21/h15-18,20,25,38,41H,8-14H2,1-7H3,(H2,31,33,34)(H2,35,36,42)/t15-,16-,18+,20+,25+,29+,48?/m0/s1. The number of ether oxygens (including phenoxy) is 4. The fourth-order valence-electron chi connectivity index (χ4n) is 5.41. The van der Waals surface area contributed by atoms with Gasteiger partial charge in [-0.3, -0.25) is 18.7 Å². The highest BCUT2D eigenvalue weighted by Gasteiger charge is 2.55. The summed E-state index contributed by atoms with van der Waals surface area (Å²) >= 11 is 1.91. The number of rotatable bonds is 13. The summed E-state index contributed by atoms with van der Waals surface area (Å²) in [5, 5.41) is 28.0. The van der Waals surface area contributed by atoms with Crippen molar-refractivity contribution in [1.82, 2.24) is 29.7 Å². The molecule has 3 heterocycles. The highest BCUT2D eigenvalue weighted by atomic mass is 127. The van der Waals surface area contributed by atoms with Gasteiger partial charge < -0.3 is 39.4 Å². The molecule has 7 atom stereocenters. The zero-order valence-corrected chi connectivity index (χ0v) is 31.3. The third kappa shape index (κ3) is 9.12. The van der Waals surface area contributed by atoms with E-state index in [0.717, 1.165) is 32.1 Å². The predicted octanol–water partition coefficient (Wildman–Crippen LogP) is 2.58. The van der Waals surface area contributed by atoms with Gasteiger partial charge in [0.25, 0.3) is 0 Å². The number of halogens is 1. The maximum absolute atomic E-state index is 14.3. The van der Waals surface area contributed by atoms with Crippen LogP contribution < -0.4 is 20.6 Å². The van der Waals surface area contributed by atoms with Gasteiger partial charge in [0.2, 0.25) is 11.8 Å². The number of carbonyl (C=O) groups excluding carboxylic acids is 2. The van der Waals surface area contributed by atoms with Crippen molar-refractivity contribution in [2.75, 3.05) is 26.1 Å². The van der Waals surface area contributed by atoms with Crippen LogP contribution in [0.15, 0.2) is 0 Å². The molecule has 1 unspecified atom stereocenters. The van der Waals surface area contributed by atoms with Crippen LogP contribution in [0.1, 0.15) is 79.9 Å². The minimum absolute atomic E-state index is 0.108. The predicted molar refractivity (Wildman–Crippen MR) is 182 cm³/mol. The van der Waals surface area contributed by atoms with Gasteiger partial charge in [-0.15, -0.1) is 0 Å². The van der Waals surface area contributed by atoms with Crippen molar-refractivity contribution in [2.45, 2.75) is 116 Å². The van der Waals surface area contributed by atoms with E-state index < -0.39 is 62.3 Å². The summed E-state index contributed by atoms with van der Waals surface area (Å²) in [6.07, 6.45) is 0.170. The highest BCUT2D eigenvalue weighted by Crippen LogP contribution is 2.45. The van der Waals surface area contributed by atoms with Crippen LogP contribution in [0.25, 0.3) is 11.2 Å². The second kappa shape index (κ2) is 15.4. The van der Waals surface area contributed by atoms with Crippen molar-refractivity contribution >= 4 is 59.3 Å². The molecule has 17 nitrogen and oxygen atoms in total. The van der Waals surface area contributed by atoms with Gasteiger partial charge in [0.1, 0.15) is 36.0 Å². The zero-order chi connectivity index (χ0) is 35.6. The Bertz CT molecular complexity index is 1510. The third-order valence-electron chi connectivity index (χ3n) is 8.00. The molecule has 1 saturated carbocycles. The number of aliphatic hydroxyl groups excluding tert-OH is 1. The van der Waals surface area contributed by atoms with E-state index in [4.69, 9.17) is 29.2 Å². The lowest BCUT2D eigenvalue weighted by Crippen LogP contribution is -2.46. The average Bonchev–Trinajstić information content (AvgIpc) is 3.44. The molecule has 1 aliphatic carbocycles. The van der Waals surface area contributed by atoms with Crippen molar-refractivity contribution in [3.63, 3.8) is 0 Å². The molecular weight excluding hydrogens is 764 g/mol. The average molecular weight is 812 g/mol. The molecule has 6 N–H and O–H groups in total. The summed E-state index contributed by atoms with van der Waals surface area (Å²) in [7, 11) is -2.87.